The Morgan fingerprint density at radius 2 is 2.00 bits per heavy atom. The minimum absolute atomic E-state index is 0.169. The monoisotopic (exact) mass is 331 g/mol. The molecular weight excluding hydrogens is 313 g/mol. The third-order valence-corrected chi connectivity index (χ3v) is 4.27. The Morgan fingerprint density at radius 3 is 2.54 bits per heavy atom. The van der Waals surface area contributed by atoms with Crippen LogP contribution in [0.5, 0.6) is 0 Å². The van der Waals surface area contributed by atoms with E-state index in [2.05, 4.69) is 10.4 Å². The van der Waals surface area contributed by atoms with E-state index in [9.17, 15) is 14.0 Å². The second-order valence-electron chi connectivity index (χ2n) is 6.18. The Bertz CT molecular complexity index is 809. The van der Waals surface area contributed by atoms with Crippen molar-refractivity contribution in [3.63, 3.8) is 0 Å². The van der Waals surface area contributed by atoms with Crippen LogP contribution in [-0.4, -0.2) is 32.8 Å². The maximum Gasteiger partial charge on any atom is 0.306 e. The SMILES string of the molecule is Cc1cc(C)n(-c2ccc(C(=O)NC3CC(C(=O)O)C3)cc2F)n1. The molecule has 0 radical (unpaired) electrons. The van der Waals surface area contributed by atoms with E-state index in [-0.39, 0.29) is 17.3 Å². The Kier molecular flexibility index (Phi) is 4.09. The van der Waals surface area contributed by atoms with Gasteiger partial charge in [0, 0.05) is 17.3 Å². The lowest BCUT2D eigenvalue weighted by atomic mass is 9.80. The van der Waals surface area contributed by atoms with Crippen molar-refractivity contribution in [3.05, 3.63) is 47.0 Å². The first-order chi connectivity index (χ1) is 11.3. The van der Waals surface area contributed by atoms with Crippen molar-refractivity contribution in [2.75, 3.05) is 0 Å². The molecule has 1 aromatic heterocycles. The summed E-state index contributed by atoms with van der Waals surface area (Å²) in [5.41, 5.74) is 2.08. The average Bonchev–Trinajstić information content (AvgIpc) is 2.80. The van der Waals surface area contributed by atoms with Crippen molar-refractivity contribution in [2.45, 2.75) is 32.7 Å². The summed E-state index contributed by atoms with van der Waals surface area (Å²) in [4.78, 5) is 22.9. The molecule has 126 valence electrons. The second kappa shape index (κ2) is 6.07. The molecule has 2 N–H and O–H groups in total. The zero-order valence-electron chi connectivity index (χ0n) is 13.4. The number of hydrogen-bond acceptors (Lipinski definition) is 3. The molecule has 0 unspecified atom stereocenters. The zero-order chi connectivity index (χ0) is 17.4. The normalized spacial score (nSPS) is 19.6. The minimum atomic E-state index is -0.846. The Hall–Kier alpha value is -2.70. The maximum absolute atomic E-state index is 14.4. The van der Waals surface area contributed by atoms with Crippen LogP contribution in [0.25, 0.3) is 5.69 Å². The lowest BCUT2D eigenvalue weighted by Gasteiger charge is -2.32. The van der Waals surface area contributed by atoms with Crippen LogP contribution in [0.3, 0.4) is 0 Å². The molecule has 0 bridgehead atoms. The molecule has 1 aromatic carbocycles. The van der Waals surface area contributed by atoms with Gasteiger partial charge in [-0.1, -0.05) is 0 Å². The van der Waals surface area contributed by atoms with E-state index in [4.69, 9.17) is 5.11 Å². The molecule has 0 aliphatic heterocycles. The van der Waals surface area contributed by atoms with Crippen molar-refractivity contribution in [2.24, 2.45) is 5.92 Å². The fourth-order valence-electron chi connectivity index (χ4n) is 2.90. The molecule has 24 heavy (non-hydrogen) atoms. The third-order valence-electron chi connectivity index (χ3n) is 4.27. The Balaban J connectivity index is 1.72. The number of carboxylic acid groups (broad SMARTS) is 1. The molecular formula is C17H18FN3O3. The molecule has 1 saturated carbocycles. The maximum atomic E-state index is 14.4. The van der Waals surface area contributed by atoms with E-state index < -0.39 is 23.6 Å². The minimum Gasteiger partial charge on any atom is -0.481 e. The van der Waals surface area contributed by atoms with Crippen LogP contribution in [0.15, 0.2) is 24.3 Å². The van der Waals surface area contributed by atoms with Crippen molar-refractivity contribution < 1.29 is 19.1 Å². The van der Waals surface area contributed by atoms with E-state index in [1.165, 1.54) is 22.9 Å². The van der Waals surface area contributed by atoms with Gasteiger partial charge >= 0.3 is 5.97 Å². The Morgan fingerprint density at radius 1 is 1.29 bits per heavy atom. The van der Waals surface area contributed by atoms with Gasteiger partial charge < -0.3 is 10.4 Å². The van der Waals surface area contributed by atoms with Gasteiger partial charge in [-0.15, -0.1) is 0 Å². The summed E-state index contributed by atoms with van der Waals surface area (Å²) in [6.07, 6.45) is 0.820. The number of amides is 1. The topological polar surface area (TPSA) is 84.2 Å². The molecule has 2 aromatic rings. The standard InChI is InChI=1S/C17H18FN3O3/c1-9-5-10(2)21(20-9)15-4-3-11(8-14(15)18)16(22)19-13-6-12(7-13)17(23)24/h3-5,8,12-13H,6-7H2,1-2H3,(H,19,22)(H,23,24). The van der Waals surface area contributed by atoms with E-state index in [0.717, 1.165) is 11.4 Å². The summed E-state index contributed by atoms with van der Waals surface area (Å²) in [5, 5.41) is 15.8. The summed E-state index contributed by atoms with van der Waals surface area (Å²) in [5.74, 6) is -2.19. The van der Waals surface area contributed by atoms with Crippen molar-refractivity contribution in [1.29, 1.82) is 0 Å². The van der Waals surface area contributed by atoms with E-state index >= 15 is 0 Å². The van der Waals surface area contributed by atoms with Gasteiger partial charge in [-0.3, -0.25) is 9.59 Å². The molecule has 6 nitrogen and oxygen atoms in total. The number of nitrogens with one attached hydrogen (secondary N) is 1. The van der Waals surface area contributed by atoms with Crippen LogP contribution in [-0.2, 0) is 4.79 Å². The molecule has 1 amide bonds. The summed E-state index contributed by atoms with van der Waals surface area (Å²) in [7, 11) is 0. The van der Waals surface area contributed by atoms with Crippen LogP contribution < -0.4 is 5.32 Å². The van der Waals surface area contributed by atoms with E-state index in [0.29, 0.717) is 12.8 Å². The highest BCUT2D eigenvalue weighted by Gasteiger charge is 2.35. The van der Waals surface area contributed by atoms with E-state index in [1.807, 2.05) is 19.9 Å². The number of carboxylic acids is 1. The van der Waals surface area contributed by atoms with Gasteiger partial charge in [-0.05, 0) is 51.0 Å². The van der Waals surface area contributed by atoms with Gasteiger partial charge in [-0.2, -0.15) is 5.10 Å². The summed E-state index contributed by atoms with van der Waals surface area (Å²) < 4.78 is 15.9. The first-order valence-corrected chi connectivity index (χ1v) is 7.72. The lowest BCUT2D eigenvalue weighted by Crippen LogP contribution is -2.46. The van der Waals surface area contributed by atoms with Crippen molar-refractivity contribution in [3.8, 4) is 5.69 Å². The molecule has 1 aliphatic carbocycles. The average molecular weight is 331 g/mol. The largest absolute Gasteiger partial charge is 0.481 e. The van der Waals surface area contributed by atoms with Crippen LogP contribution in [0.4, 0.5) is 4.39 Å². The van der Waals surface area contributed by atoms with E-state index in [1.54, 1.807) is 0 Å². The summed E-state index contributed by atoms with van der Waals surface area (Å²) in [6.45, 7) is 3.65. The smallest absolute Gasteiger partial charge is 0.306 e. The van der Waals surface area contributed by atoms with Crippen LogP contribution in [0, 0.1) is 25.6 Å². The van der Waals surface area contributed by atoms with Gasteiger partial charge in [0.1, 0.15) is 11.5 Å². The van der Waals surface area contributed by atoms with Crippen LogP contribution >= 0.6 is 0 Å². The molecule has 1 aliphatic rings. The third kappa shape index (κ3) is 3.02. The Labute approximate surface area is 138 Å². The first kappa shape index (κ1) is 16.2. The number of aromatic nitrogens is 2. The number of carbonyl (C=O) groups is 2. The predicted molar refractivity (Wildman–Crippen MR) is 84.6 cm³/mol. The van der Waals surface area contributed by atoms with Gasteiger partial charge in [0.15, 0.2) is 0 Å². The molecule has 7 heteroatoms. The van der Waals surface area contributed by atoms with Crippen LogP contribution in [0.1, 0.15) is 34.6 Å². The first-order valence-electron chi connectivity index (χ1n) is 7.72. The number of aliphatic carboxylic acids is 1. The number of rotatable bonds is 4. The number of hydrogen-bond donors (Lipinski definition) is 2. The van der Waals surface area contributed by atoms with Gasteiger partial charge in [-0.25, -0.2) is 9.07 Å². The van der Waals surface area contributed by atoms with Crippen molar-refractivity contribution in [1.82, 2.24) is 15.1 Å². The number of aryl methyl sites for hydroxylation is 2. The van der Waals surface area contributed by atoms with Crippen molar-refractivity contribution >= 4 is 11.9 Å². The molecule has 1 fully saturated rings. The van der Waals surface area contributed by atoms with Gasteiger partial charge in [0.2, 0.25) is 0 Å². The number of halogens is 1. The fraction of sp³-hybridized carbons (Fsp3) is 0.353. The zero-order valence-corrected chi connectivity index (χ0v) is 13.4. The highest BCUT2D eigenvalue weighted by Crippen LogP contribution is 2.27. The molecule has 0 saturated heterocycles. The van der Waals surface area contributed by atoms with Gasteiger partial charge in [0.05, 0.1) is 11.6 Å². The number of carbonyl (C=O) groups excluding carboxylic acids is 1. The quantitative estimate of drug-likeness (QED) is 0.900. The highest BCUT2D eigenvalue weighted by molar-refractivity contribution is 5.94. The molecule has 1 heterocycles. The van der Waals surface area contributed by atoms with Gasteiger partial charge in [0.25, 0.3) is 5.91 Å². The summed E-state index contributed by atoms with van der Waals surface area (Å²) in [6, 6.07) is 5.91. The molecule has 0 atom stereocenters. The lowest BCUT2D eigenvalue weighted by molar-refractivity contribution is -0.145. The molecule has 0 spiro atoms. The highest BCUT2D eigenvalue weighted by atomic mass is 19.1. The van der Waals surface area contributed by atoms with Crippen LogP contribution in [0.2, 0.25) is 0 Å². The second-order valence-corrected chi connectivity index (χ2v) is 6.18. The predicted octanol–water partition coefficient (Wildman–Crippen LogP) is 2.22. The fourth-order valence-corrected chi connectivity index (χ4v) is 2.90. The summed E-state index contributed by atoms with van der Waals surface area (Å²) >= 11 is 0. The number of nitrogens with zero attached hydrogens (tertiary/aromatic N) is 2. The molecule has 3 rings (SSSR count). The number of benzene rings is 1.